The van der Waals surface area contributed by atoms with Gasteiger partial charge in [0, 0.05) is 35.9 Å². The van der Waals surface area contributed by atoms with Gasteiger partial charge in [-0.25, -0.2) is 0 Å². The molecule has 0 aromatic carbocycles. The first-order chi connectivity index (χ1) is 9.38. The first kappa shape index (κ1) is 11.7. The maximum absolute atomic E-state index is 9.46. The zero-order valence-corrected chi connectivity index (χ0v) is 10.5. The molecule has 0 unspecified atom stereocenters. The zero-order valence-electron chi connectivity index (χ0n) is 10.5. The molecule has 0 aliphatic heterocycles. The molecule has 0 fully saturated rings. The fourth-order valence-corrected chi connectivity index (χ4v) is 2.25. The lowest BCUT2D eigenvalue weighted by Crippen LogP contribution is -2.29. The average Bonchev–Trinajstić information content (AvgIpc) is 2.64. The summed E-state index contributed by atoms with van der Waals surface area (Å²) in [6.07, 6.45) is 13.4. The fraction of sp³-hybridized carbons (Fsp3) is 0.125. The minimum absolute atomic E-state index is 0.0361. The van der Waals surface area contributed by atoms with Crippen LogP contribution in [0.3, 0.4) is 0 Å². The van der Waals surface area contributed by atoms with Crippen molar-refractivity contribution in [3.05, 3.63) is 70.6 Å². The van der Waals surface area contributed by atoms with E-state index in [0.717, 1.165) is 28.2 Å². The van der Waals surface area contributed by atoms with E-state index in [4.69, 9.17) is 0 Å². The molecular formula is C16H14N2O. The monoisotopic (exact) mass is 250 g/mol. The molecule has 2 aromatic heterocycles. The van der Waals surface area contributed by atoms with Crippen molar-refractivity contribution >= 4 is 11.8 Å². The van der Waals surface area contributed by atoms with Crippen LogP contribution >= 0.6 is 0 Å². The van der Waals surface area contributed by atoms with Crippen LogP contribution in [0.4, 0.5) is 0 Å². The van der Waals surface area contributed by atoms with E-state index in [1.54, 1.807) is 6.20 Å². The number of aliphatic hydroxyl groups excluding tert-OH is 1. The Labute approximate surface area is 111 Å². The number of fused-ring (bicyclic) bond motifs is 1. The van der Waals surface area contributed by atoms with Crippen molar-refractivity contribution < 1.29 is 5.11 Å². The topological polar surface area (TPSA) is 38.0 Å². The maximum atomic E-state index is 9.46. The molecule has 19 heavy (non-hydrogen) atoms. The Morgan fingerprint density at radius 2 is 2.26 bits per heavy atom. The second-order valence-corrected chi connectivity index (χ2v) is 4.43. The first-order valence-electron chi connectivity index (χ1n) is 6.20. The van der Waals surface area contributed by atoms with Crippen molar-refractivity contribution in [2.75, 3.05) is 0 Å². The molecule has 0 saturated carbocycles. The summed E-state index contributed by atoms with van der Waals surface area (Å²) in [5, 5.41) is 11.5. The number of hydrogen-bond donors (Lipinski definition) is 1. The van der Waals surface area contributed by atoms with Gasteiger partial charge in [-0.1, -0.05) is 30.0 Å². The molecule has 3 nitrogen and oxygen atoms in total. The van der Waals surface area contributed by atoms with Crippen molar-refractivity contribution in [3.8, 4) is 0 Å². The van der Waals surface area contributed by atoms with Crippen LogP contribution in [0, 0.1) is 0 Å². The van der Waals surface area contributed by atoms with Crippen LogP contribution in [0.1, 0.15) is 11.1 Å². The highest BCUT2D eigenvalue weighted by Gasteiger charge is 2.05. The van der Waals surface area contributed by atoms with Gasteiger partial charge < -0.3 is 9.67 Å². The smallest absolute Gasteiger partial charge is 0.0920 e. The molecule has 2 heterocycles. The molecular weight excluding hydrogens is 236 g/mol. The second-order valence-electron chi connectivity index (χ2n) is 4.43. The van der Waals surface area contributed by atoms with Crippen molar-refractivity contribution in [3.63, 3.8) is 0 Å². The number of hydrogen-bond acceptors (Lipinski definition) is 2. The largest absolute Gasteiger partial charge is 0.392 e. The Morgan fingerprint density at radius 3 is 3.05 bits per heavy atom. The zero-order chi connectivity index (χ0) is 13.1. The van der Waals surface area contributed by atoms with Gasteiger partial charge in [-0.3, -0.25) is 4.98 Å². The molecule has 1 N–H and O–H groups in total. The number of allylic oxidation sites excluding steroid dienone is 3. The molecule has 94 valence electrons. The van der Waals surface area contributed by atoms with E-state index in [1.165, 1.54) is 0 Å². The van der Waals surface area contributed by atoms with Gasteiger partial charge in [-0.2, -0.15) is 0 Å². The molecule has 0 spiro atoms. The summed E-state index contributed by atoms with van der Waals surface area (Å²) in [5.74, 6) is 0. The Morgan fingerprint density at radius 1 is 1.32 bits per heavy atom. The standard InChI is InChI=1S/C16H14N2O/c19-12-14-11-18(10-13-5-4-8-17-9-13)16-7-3-1-2-6-15(14)16/h1-6,8-9,11,19H,10,12H2. The fourth-order valence-electron chi connectivity index (χ4n) is 2.25. The van der Waals surface area contributed by atoms with Crippen molar-refractivity contribution in [2.45, 2.75) is 13.2 Å². The van der Waals surface area contributed by atoms with Crippen molar-refractivity contribution in [1.82, 2.24) is 9.55 Å². The van der Waals surface area contributed by atoms with E-state index in [0.29, 0.717) is 0 Å². The molecule has 0 amide bonds. The van der Waals surface area contributed by atoms with Crippen LogP contribution in [0.25, 0.3) is 11.8 Å². The van der Waals surface area contributed by atoms with E-state index in [9.17, 15) is 5.11 Å². The van der Waals surface area contributed by atoms with Gasteiger partial charge in [0.1, 0.15) is 0 Å². The van der Waals surface area contributed by atoms with Crippen molar-refractivity contribution in [1.29, 1.82) is 0 Å². The molecule has 1 aliphatic rings. The Bertz CT molecular complexity index is 763. The maximum Gasteiger partial charge on any atom is 0.0920 e. The van der Waals surface area contributed by atoms with Gasteiger partial charge >= 0.3 is 0 Å². The van der Waals surface area contributed by atoms with Crippen LogP contribution in [-0.4, -0.2) is 14.7 Å². The van der Waals surface area contributed by atoms with E-state index < -0.39 is 0 Å². The van der Waals surface area contributed by atoms with E-state index in [1.807, 2.05) is 48.8 Å². The normalized spacial score (nSPS) is 12.5. The van der Waals surface area contributed by atoms with Crippen LogP contribution in [0.2, 0.25) is 0 Å². The van der Waals surface area contributed by atoms with Crippen LogP contribution in [-0.2, 0) is 13.2 Å². The van der Waals surface area contributed by atoms with E-state index in [2.05, 4.69) is 15.3 Å². The molecule has 2 aromatic rings. The number of aliphatic hydroxyl groups is 1. The minimum atomic E-state index is 0.0361. The van der Waals surface area contributed by atoms with Gasteiger partial charge in [0.2, 0.25) is 0 Å². The average molecular weight is 250 g/mol. The highest BCUT2D eigenvalue weighted by Crippen LogP contribution is 2.00. The number of nitrogens with zero attached hydrogens (tertiary/aromatic N) is 2. The summed E-state index contributed by atoms with van der Waals surface area (Å²) >= 11 is 0. The summed E-state index contributed by atoms with van der Waals surface area (Å²) in [5.41, 5.74) is 5.31. The summed E-state index contributed by atoms with van der Waals surface area (Å²) in [6, 6.07) is 3.97. The predicted octanol–water partition coefficient (Wildman–Crippen LogP) is 0.710. The molecule has 1 aliphatic carbocycles. The quantitative estimate of drug-likeness (QED) is 0.871. The number of pyridine rings is 1. The summed E-state index contributed by atoms with van der Waals surface area (Å²) in [6.45, 7) is 0.763. The molecule has 0 atom stereocenters. The highest BCUT2D eigenvalue weighted by molar-refractivity contribution is 5.46. The Balaban J connectivity index is 2.15. The van der Waals surface area contributed by atoms with Gasteiger partial charge in [0.15, 0.2) is 0 Å². The molecule has 0 saturated heterocycles. The molecule has 0 radical (unpaired) electrons. The van der Waals surface area contributed by atoms with Crippen LogP contribution in [0.5, 0.6) is 0 Å². The third-order valence-electron chi connectivity index (χ3n) is 3.14. The van der Waals surface area contributed by atoms with E-state index in [-0.39, 0.29) is 6.61 Å². The van der Waals surface area contributed by atoms with Crippen molar-refractivity contribution in [2.24, 2.45) is 0 Å². The van der Waals surface area contributed by atoms with Gasteiger partial charge in [-0.15, -0.1) is 0 Å². The highest BCUT2D eigenvalue weighted by atomic mass is 16.3. The molecule has 0 bridgehead atoms. The SMILES string of the molecule is OCc1cn(Cc2cccnc2)c2c1=CC=CC=C=2. The minimum Gasteiger partial charge on any atom is -0.392 e. The Hall–Kier alpha value is -2.35. The summed E-state index contributed by atoms with van der Waals surface area (Å²) < 4.78 is 2.10. The third kappa shape index (κ3) is 2.29. The van der Waals surface area contributed by atoms with Crippen LogP contribution < -0.4 is 10.6 Å². The Kier molecular flexibility index (Phi) is 3.15. The lowest BCUT2D eigenvalue weighted by atomic mass is 10.2. The van der Waals surface area contributed by atoms with Gasteiger partial charge in [0.25, 0.3) is 0 Å². The van der Waals surface area contributed by atoms with Gasteiger partial charge in [0.05, 0.1) is 12.0 Å². The lowest BCUT2D eigenvalue weighted by Gasteiger charge is -2.02. The first-order valence-corrected chi connectivity index (χ1v) is 6.20. The predicted molar refractivity (Wildman–Crippen MR) is 74.5 cm³/mol. The van der Waals surface area contributed by atoms with Crippen LogP contribution in [0.15, 0.2) is 49.0 Å². The number of aromatic nitrogens is 2. The second kappa shape index (κ2) is 5.11. The molecule has 3 rings (SSSR count). The summed E-state index contributed by atoms with van der Waals surface area (Å²) in [7, 11) is 0. The lowest BCUT2D eigenvalue weighted by molar-refractivity contribution is 0.281. The summed E-state index contributed by atoms with van der Waals surface area (Å²) in [4.78, 5) is 4.13. The third-order valence-corrected chi connectivity index (χ3v) is 3.14. The van der Waals surface area contributed by atoms with Gasteiger partial charge in [-0.05, 0) is 17.7 Å². The number of rotatable bonds is 3. The molecule has 3 heteroatoms. The van der Waals surface area contributed by atoms with E-state index >= 15 is 0 Å².